The molecule has 1 unspecified atom stereocenters. The van der Waals surface area contributed by atoms with Crippen LogP contribution in [-0.4, -0.2) is 12.6 Å². The summed E-state index contributed by atoms with van der Waals surface area (Å²) in [6, 6.07) is 24.6. The molecule has 0 aliphatic carbocycles. The van der Waals surface area contributed by atoms with Crippen molar-refractivity contribution in [1.82, 2.24) is 0 Å². The van der Waals surface area contributed by atoms with Crippen molar-refractivity contribution in [3.8, 4) is 16.9 Å². The van der Waals surface area contributed by atoms with Crippen molar-refractivity contribution in [1.29, 1.82) is 0 Å². The lowest BCUT2D eigenvalue weighted by atomic mass is 9.98. The molecule has 3 rings (SSSR count). The van der Waals surface area contributed by atoms with Crippen LogP contribution < -0.4 is 4.74 Å². The predicted octanol–water partition coefficient (Wildman–Crippen LogP) is 10.1. The lowest BCUT2D eigenvalue weighted by Gasteiger charge is -2.17. The highest BCUT2D eigenvalue weighted by atomic mass is 16.5. The Kier molecular flexibility index (Phi) is 13.0. The Hall–Kier alpha value is -3.07. The Morgan fingerprint density at radius 2 is 1.24 bits per heavy atom. The number of aryl methyl sites for hydroxylation is 1. The maximum atomic E-state index is 12.8. The number of unbranched alkanes of at least 4 members (excludes halogenated alkanes) is 7. The highest BCUT2D eigenvalue weighted by molar-refractivity contribution is 5.89. The molecule has 0 spiro atoms. The number of hydrogen-bond acceptors (Lipinski definition) is 3. The number of hydrogen-bond donors (Lipinski definition) is 0. The van der Waals surface area contributed by atoms with Crippen LogP contribution in [0.15, 0.2) is 72.8 Å². The molecular weight excluding hydrogens is 468 g/mol. The normalized spacial score (nSPS) is 11.8. The Labute approximate surface area is 230 Å². The van der Waals surface area contributed by atoms with Crippen LogP contribution >= 0.6 is 0 Å². The molecule has 0 aliphatic rings. The molecule has 0 fully saturated rings. The van der Waals surface area contributed by atoms with Crippen LogP contribution in [0.25, 0.3) is 11.1 Å². The minimum Gasteiger partial charge on any atom is -0.494 e. The highest BCUT2D eigenvalue weighted by Crippen LogP contribution is 2.27. The van der Waals surface area contributed by atoms with Gasteiger partial charge in [0.05, 0.1) is 12.2 Å². The first kappa shape index (κ1) is 29.5. The number of carbonyl (C=O) groups is 1. The van der Waals surface area contributed by atoms with E-state index in [4.69, 9.17) is 9.47 Å². The largest absolute Gasteiger partial charge is 0.494 e. The molecule has 0 N–H and O–H groups in total. The average molecular weight is 515 g/mol. The fourth-order valence-corrected chi connectivity index (χ4v) is 4.68. The van der Waals surface area contributed by atoms with Crippen molar-refractivity contribution in [2.45, 2.75) is 97.5 Å². The highest BCUT2D eigenvalue weighted by Gasteiger charge is 2.17. The molecule has 3 aromatic rings. The van der Waals surface area contributed by atoms with Crippen molar-refractivity contribution in [2.24, 2.45) is 0 Å². The monoisotopic (exact) mass is 514 g/mol. The van der Waals surface area contributed by atoms with Gasteiger partial charge in [-0.15, -0.1) is 0 Å². The molecule has 0 aliphatic heterocycles. The fourth-order valence-electron chi connectivity index (χ4n) is 4.68. The van der Waals surface area contributed by atoms with Crippen LogP contribution in [0.5, 0.6) is 5.75 Å². The number of benzene rings is 3. The van der Waals surface area contributed by atoms with E-state index in [1.165, 1.54) is 68.1 Å². The van der Waals surface area contributed by atoms with E-state index in [0.717, 1.165) is 30.6 Å². The van der Waals surface area contributed by atoms with E-state index < -0.39 is 0 Å². The summed E-state index contributed by atoms with van der Waals surface area (Å²) in [5, 5.41) is 0. The number of rotatable bonds is 17. The van der Waals surface area contributed by atoms with Crippen LogP contribution in [-0.2, 0) is 11.2 Å². The van der Waals surface area contributed by atoms with E-state index in [-0.39, 0.29) is 12.1 Å². The standard InChI is InChI=1S/C35H46O3/c1-4-7-9-11-13-27-37-33-25-23-32(24-26-33)35(36)38-34(6-3)31-21-19-30(20-22-31)29-17-15-28(16-18-29)14-12-10-8-5-2/h15-26,34H,4-14,27H2,1-3H3. The lowest BCUT2D eigenvalue weighted by Crippen LogP contribution is -2.11. The first-order valence-electron chi connectivity index (χ1n) is 14.8. The molecule has 0 radical (unpaired) electrons. The SMILES string of the molecule is CCCCCCCOc1ccc(C(=O)OC(CC)c2ccc(-c3ccc(CCCCCC)cc3)cc2)cc1. The van der Waals surface area contributed by atoms with Gasteiger partial charge in [0.1, 0.15) is 11.9 Å². The van der Waals surface area contributed by atoms with Gasteiger partial charge in [-0.2, -0.15) is 0 Å². The Morgan fingerprint density at radius 3 is 1.84 bits per heavy atom. The van der Waals surface area contributed by atoms with Crippen LogP contribution in [0.3, 0.4) is 0 Å². The molecule has 3 heteroatoms. The van der Waals surface area contributed by atoms with Gasteiger partial charge in [-0.3, -0.25) is 0 Å². The molecule has 0 bridgehead atoms. The summed E-state index contributed by atoms with van der Waals surface area (Å²) in [4.78, 5) is 12.8. The summed E-state index contributed by atoms with van der Waals surface area (Å²) in [5.41, 5.74) is 5.35. The molecule has 0 saturated heterocycles. The topological polar surface area (TPSA) is 35.5 Å². The molecule has 1 atom stereocenters. The molecular formula is C35H46O3. The summed E-state index contributed by atoms with van der Waals surface area (Å²) in [5.74, 6) is 0.491. The number of esters is 1. The number of carbonyl (C=O) groups excluding carboxylic acids is 1. The van der Waals surface area contributed by atoms with E-state index in [1.54, 1.807) is 12.1 Å². The smallest absolute Gasteiger partial charge is 0.338 e. The van der Waals surface area contributed by atoms with Crippen LogP contribution in [0.1, 0.15) is 113 Å². The van der Waals surface area contributed by atoms with Gasteiger partial charge in [0.2, 0.25) is 0 Å². The third-order valence-electron chi connectivity index (χ3n) is 7.12. The number of ether oxygens (including phenoxy) is 2. The van der Waals surface area contributed by atoms with E-state index in [2.05, 4.69) is 62.4 Å². The Balaban J connectivity index is 1.51. The van der Waals surface area contributed by atoms with Crippen molar-refractivity contribution in [2.75, 3.05) is 6.61 Å². The average Bonchev–Trinajstić information content (AvgIpc) is 2.96. The van der Waals surface area contributed by atoms with Crippen molar-refractivity contribution < 1.29 is 14.3 Å². The van der Waals surface area contributed by atoms with Gasteiger partial charge >= 0.3 is 5.97 Å². The first-order chi connectivity index (χ1) is 18.6. The van der Waals surface area contributed by atoms with Gasteiger partial charge in [0, 0.05) is 0 Å². The zero-order valence-corrected chi connectivity index (χ0v) is 23.7. The molecule has 3 nitrogen and oxygen atoms in total. The van der Waals surface area contributed by atoms with Gasteiger partial charge in [-0.1, -0.05) is 114 Å². The van der Waals surface area contributed by atoms with Gasteiger partial charge in [0.25, 0.3) is 0 Å². The Morgan fingerprint density at radius 1 is 0.658 bits per heavy atom. The zero-order valence-electron chi connectivity index (χ0n) is 23.7. The van der Waals surface area contributed by atoms with Crippen LogP contribution in [0.4, 0.5) is 0 Å². The fraction of sp³-hybridized carbons (Fsp3) is 0.457. The van der Waals surface area contributed by atoms with E-state index in [1.807, 2.05) is 19.1 Å². The first-order valence-corrected chi connectivity index (χ1v) is 14.8. The quantitative estimate of drug-likeness (QED) is 0.133. The van der Waals surface area contributed by atoms with Crippen LogP contribution in [0, 0.1) is 0 Å². The summed E-state index contributed by atoms with van der Waals surface area (Å²) in [7, 11) is 0. The second kappa shape index (κ2) is 16.7. The molecule has 0 heterocycles. The molecule has 0 saturated carbocycles. The molecule has 0 amide bonds. The van der Waals surface area contributed by atoms with Crippen molar-refractivity contribution in [3.63, 3.8) is 0 Å². The minimum atomic E-state index is -0.304. The lowest BCUT2D eigenvalue weighted by molar-refractivity contribution is 0.0288. The van der Waals surface area contributed by atoms with Crippen LogP contribution in [0.2, 0.25) is 0 Å². The van der Waals surface area contributed by atoms with Crippen molar-refractivity contribution >= 4 is 5.97 Å². The second-order valence-corrected chi connectivity index (χ2v) is 10.2. The van der Waals surface area contributed by atoms with E-state index in [0.29, 0.717) is 12.2 Å². The zero-order chi connectivity index (χ0) is 27.0. The van der Waals surface area contributed by atoms with Gasteiger partial charge in [0.15, 0.2) is 0 Å². The third kappa shape index (κ3) is 9.67. The molecule has 3 aromatic carbocycles. The van der Waals surface area contributed by atoms with Gasteiger partial charge in [-0.05, 0) is 72.2 Å². The van der Waals surface area contributed by atoms with Gasteiger partial charge < -0.3 is 9.47 Å². The summed E-state index contributed by atoms with van der Waals surface area (Å²) in [6.45, 7) is 7.23. The molecule has 0 aromatic heterocycles. The Bertz CT molecular complexity index is 1050. The second-order valence-electron chi connectivity index (χ2n) is 10.2. The maximum absolute atomic E-state index is 12.8. The molecule has 204 valence electrons. The van der Waals surface area contributed by atoms with Gasteiger partial charge in [-0.25, -0.2) is 4.79 Å². The van der Waals surface area contributed by atoms with E-state index >= 15 is 0 Å². The summed E-state index contributed by atoms with van der Waals surface area (Å²) < 4.78 is 11.7. The van der Waals surface area contributed by atoms with E-state index in [9.17, 15) is 4.79 Å². The third-order valence-corrected chi connectivity index (χ3v) is 7.12. The summed E-state index contributed by atoms with van der Waals surface area (Å²) in [6.07, 6.45) is 12.8. The van der Waals surface area contributed by atoms with Crippen molar-refractivity contribution in [3.05, 3.63) is 89.5 Å². The minimum absolute atomic E-state index is 0.277. The predicted molar refractivity (Wildman–Crippen MR) is 159 cm³/mol. The molecule has 38 heavy (non-hydrogen) atoms. The maximum Gasteiger partial charge on any atom is 0.338 e. The summed E-state index contributed by atoms with van der Waals surface area (Å²) >= 11 is 0.